The van der Waals surface area contributed by atoms with E-state index in [1.165, 1.54) is 25.7 Å². The molecule has 0 aromatic carbocycles. The van der Waals surface area contributed by atoms with Gasteiger partial charge in [0, 0.05) is 6.42 Å². The number of aliphatic hydroxyl groups is 1. The van der Waals surface area contributed by atoms with Crippen molar-refractivity contribution in [3.8, 4) is 0 Å². The van der Waals surface area contributed by atoms with Crippen molar-refractivity contribution in [3.63, 3.8) is 0 Å². The molecule has 0 aromatic heterocycles. The molecule has 3 saturated carbocycles. The van der Waals surface area contributed by atoms with Gasteiger partial charge in [0.1, 0.15) is 0 Å². The van der Waals surface area contributed by atoms with E-state index in [4.69, 9.17) is 0 Å². The molecule has 3 fully saturated rings. The molecule has 7 atom stereocenters. The summed E-state index contributed by atoms with van der Waals surface area (Å²) < 4.78 is 0. The lowest BCUT2D eigenvalue weighted by molar-refractivity contribution is -0.141. The van der Waals surface area contributed by atoms with Crippen LogP contribution in [0.3, 0.4) is 0 Å². The number of carbonyl (C=O) groups is 1. The summed E-state index contributed by atoms with van der Waals surface area (Å²) in [4.78, 5) is 11.9. The van der Waals surface area contributed by atoms with Crippen LogP contribution in [-0.2, 0) is 4.79 Å². The van der Waals surface area contributed by atoms with E-state index in [-0.39, 0.29) is 10.8 Å². The molecule has 4 rings (SSSR count). The molecule has 0 heterocycles. The van der Waals surface area contributed by atoms with Crippen molar-refractivity contribution < 1.29 is 9.90 Å². The molecule has 0 aliphatic heterocycles. The smallest absolute Gasteiger partial charge is 0.155 e. The van der Waals surface area contributed by atoms with Gasteiger partial charge in [-0.25, -0.2) is 0 Å². The number of allylic oxidation sites excluding steroid dienone is 2. The number of fused-ring (bicyclic) bond motifs is 5. The Labute approximate surface area is 140 Å². The summed E-state index contributed by atoms with van der Waals surface area (Å²) in [5.74, 6) is 3.01. The largest absolute Gasteiger partial charge is 0.389 e. The summed E-state index contributed by atoms with van der Waals surface area (Å²) in [6.45, 7) is 6.95. The summed E-state index contributed by atoms with van der Waals surface area (Å²) in [6, 6.07) is 0. The Morgan fingerprint density at radius 2 is 1.87 bits per heavy atom. The Kier molecular flexibility index (Phi) is 3.41. The highest BCUT2D eigenvalue weighted by molar-refractivity contribution is 5.91. The molecule has 0 radical (unpaired) electrons. The summed E-state index contributed by atoms with van der Waals surface area (Å²) in [7, 11) is 0. The molecule has 7 unspecified atom stereocenters. The van der Waals surface area contributed by atoms with Gasteiger partial charge in [0.25, 0.3) is 0 Å². The maximum Gasteiger partial charge on any atom is 0.155 e. The average Bonchev–Trinajstić information content (AvgIpc) is 2.80. The minimum atomic E-state index is -0.446. The van der Waals surface area contributed by atoms with E-state index in [1.807, 2.05) is 6.08 Å². The fourth-order valence-corrected chi connectivity index (χ4v) is 7.33. The van der Waals surface area contributed by atoms with E-state index in [9.17, 15) is 9.90 Å². The zero-order valence-electron chi connectivity index (χ0n) is 15.0. The van der Waals surface area contributed by atoms with Crippen molar-refractivity contribution in [1.82, 2.24) is 0 Å². The number of ketones is 1. The van der Waals surface area contributed by atoms with Gasteiger partial charge < -0.3 is 5.11 Å². The second-order valence-electron chi connectivity index (χ2n) is 9.40. The van der Waals surface area contributed by atoms with Crippen molar-refractivity contribution in [2.24, 2.45) is 34.5 Å². The number of rotatable bonds is 1. The predicted octanol–water partition coefficient (Wildman–Crippen LogP) is 4.52. The highest BCUT2D eigenvalue weighted by Gasteiger charge is 2.63. The Bertz CT molecular complexity index is 552. The van der Waals surface area contributed by atoms with E-state index in [2.05, 4.69) is 26.8 Å². The Balaban J connectivity index is 1.68. The maximum absolute atomic E-state index is 11.9. The van der Waals surface area contributed by atoms with Crippen molar-refractivity contribution >= 4 is 5.78 Å². The second-order valence-corrected chi connectivity index (χ2v) is 9.40. The first-order chi connectivity index (χ1) is 10.8. The molecule has 1 N–H and O–H groups in total. The first-order valence-electron chi connectivity index (χ1n) is 9.78. The van der Waals surface area contributed by atoms with Gasteiger partial charge in [-0.2, -0.15) is 0 Å². The summed E-state index contributed by atoms with van der Waals surface area (Å²) in [5, 5.41) is 11.2. The molecular weight excluding hydrogens is 284 g/mol. The van der Waals surface area contributed by atoms with Gasteiger partial charge in [-0.3, -0.25) is 4.79 Å². The quantitative estimate of drug-likeness (QED) is 0.772. The number of hydrogen-bond acceptors (Lipinski definition) is 2. The molecule has 0 spiro atoms. The van der Waals surface area contributed by atoms with Crippen LogP contribution in [0.4, 0.5) is 0 Å². The normalized spacial score (nSPS) is 55.2. The van der Waals surface area contributed by atoms with Gasteiger partial charge in [-0.05, 0) is 85.5 Å². The van der Waals surface area contributed by atoms with Gasteiger partial charge in [0.05, 0.1) is 5.60 Å². The van der Waals surface area contributed by atoms with Gasteiger partial charge in [-0.15, -0.1) is 0 Å². The Hall–Kier alpha value is -0.630. The van der Waals surface area contributed by atoms with Gasteiger partial charge in [0.15, 0.2) is 5.78 Å². The van der Waals surface area contributed by atoms with Crippen LogP contribution in [0.15, 0.2) is 12.2 Å². The van der Waals surface area contributed by atoms with Crippen molar-refractivity contribution in [2.75, 3.05) is 0 Å². The molecule has 128 valence electrons. The van der Waals surface area contributed by atoms with Crippen molar-refractivity contribution in [3.05, 3.63) is 12.2 Å². The fraction of sp³-hybridized carbons (Fsp3) is 0.857. The molecule has 2 heteroatoms. The third-order valence-corrected chi connectivity index (χ3v) is 8.95. The monoisotopic (exact) mass is 316 g/mol. The molecule has 0 aromatic rings. The lowest BCUT2D eigenvalue weighted by Gasteiger charge is -2.59. The van der Waals surface area contributed by atoms with Crippen LogP contribution in [0.2, 0.25) is 0 Å². The summed E-state index contributed by atoms with van der Waals surface area (Å²) in [6.07, 6.45) is 12.8. The van der Waals surface area contributed by atoms with Crippen LogP contribution >= 0.6 is 0 Å². The van der Waals surface area contributed by atoms with Crippen LogP contribution in [0.25, 0.3) is 0 Å². The van der Waals surface area contributed by atoms with E-state index in [0.717, 1.165) is 31.6 Å². The Morgan fingerprint density at radius 1 is 1.13 bits per heavy atom. The molecule has 2 nitrogen and oxygen atoms in total. The second kappa shape index (κ2) is 4.94. The molecule has 0 amide bonds. The van der Waals surface area contributed by atoms with Crippen molar-refractivity contribution in [1.29, 1.82) is 0 Å². The highest BCUT2D eigenvalue weighted by Crippen LogP contribution is 2.67. The van der Waals surface area contributed by atoms with Gasteiger partial charge in [-0.1, -0.05) is 26.8 Å². The summed E-state index contributed by atoms with van der Waals surface area (Å²) in [5.41, 5.74) is -0.121. The average molecular weight is 316 g/mol. The SMILES string of the molecule is CCC1(O)CCC2C3CCC4CC(=O)C=CC4(C)C3CCC21C. The third-order valence-electron chi connectivity index (χ3n) is 8.95. The minimum Gasteiger partial charge on any atom is -0.389 e. The predicted molar refractivity (Wildman–Crippen MR) is 91.9 cm³/mol. The Morgan fingerprint density at radius 3 is 2.61 bits per heavy atom. The maximum atomic E-state index is 11.9. The van der Waals surface area contributed by atoms with Crippen LogP contribution < -0.4 is 0 Å². The molecule has 0 saturated heterocycles. The van der Waals surface area contributed by atoms with Crippen LogP contribution in [0.1, 0.15) is 72.1 Å². The van der Waals surface area contributed by atoms with Crippen LogP contribution in [-0.4, -0.2) is 16.5 Å². The minimum absolute atomic E-state index is 0.111. The third kappa shape index (κ3) is 1.94. The van der Waals surface area contributed by atoms with E-state index in [0.29, 0.717) is 23.5 Å². The highest BCUT2D eigenvalue weighted by atomic mass is 16.3. The zero-order chi connectivity index (χ0) is 16.5. The molecule has 4 aliphatic carbocycles. The fourth-order valence-electron chi connectivity index (χ4n) is 7.33. The van der Waals surface area contributed by atoms with Crippen LogP contribution in [0, 0.1) is 34.5 Å². The topological polar surface area (TPSA) is 37.3 Å². The van der Waals surface area contributed by atoms with E-state index >= 15 is 0 Å². The summed E-state index contributed by atoms with van der Waals surface area (Å²) >= 11 is 0. The lowest BCUT2D eigenvalue weighted by atomic mass is 9.45. The molecule has 4 aliphatic rings. The molecule has 23 heavy (non-hydrogen) atoms. The van der Waals surface area contributed by atoms with Gasteiger partial charge in [0.2, 0.25) is 0 Å². The molecular formula is C21H32O2. The standard InChI is InChI=1S/C21H32O2/c1-4-21(23)12-9-18-16-6-5-14-13-15(22)7-10-19(14,2)17(16)8-11-20(18,21)3/h7,10,14,16-18,23H,4-6,8-9,11-13H2,1-3H3. The first kappa shape index (κ1) is 15.9. The number of carbonyl (C=O) groups excluding carboxylic acids is 1. The zero-order valence-corrected chi connectivity index (χ0v) is 15.0. The van der Waals surface area contributed by atoms with Gasteiger partial charge >= 0.3 is 0 Å². The first-order valence-corrected chi connectivity index (χ1v) is 9.78. The van der Waals surface area contributed by atoms with E-state index in [1.54, 1.807) is 0 Å². The molecule has 0 bridgehead atoms. The van der Waals surface area contributed by atoms with Crippen LogP contribution in [0.5, 0.6) is 0 Å². The van der Waals surface area contributed by atoms with Crippen molar-refractivity contribution in [2.45, 2.75) is 77.7 Å². The number of hydrogen-bond donors (Lipinski definition) is 1. The lowest BCUT2D eigenvalue weighted by Crippen LogP contribution is -2.55. The van der Waals surface area contributed by atoms with E-state index < -0.39 is 5.60 Å².